The molecular formula is C41H79NO8. The third-order valence-electron chi connectivity index (χ3n) is 10.1. The Labute approximate surface area is 306 Å². The van der Waals surface area contributed by atoms with Gasteiger partial charge in [-0.25, -0.2) is 0 Å². The fourth-order valence-corrected chi connectivity index (χ4v) is 6.68. The fourth-order valence-electron chi connectivity index (χ4n) is 6.68. The van der Waals surface area contributed by atoms with E-state index in [1.807, 2.05) is 0 Å². The van der Waals surface area contributed by atoms with Crippen LogP contribution in [0.15, 0.2) is 12.2 Å². The Morgan fingerprint density at radius 1 is 0.660 bits per heavy atom. The lowest BCUT2D eigenvalue weighted by molar-refractivity contribution is -0.302. The molecule has 0 aromatic heterocycles. The maximum Gasteiger partial charge on any atom is 0.220 e. The number of nitrogens with one attached hydrogen (secondary N) is 1. The third kappa shape index (κ3) is 23.5. The molecule has 50 heavy (non-hydrogen) atoms. The first kappa shape index (κ1) is 47.0. The molecule has 1 rings (SSSR count). The maximum absolute atomic E-state index is 12.9. The molecule has 1 saturated heterocycles. The first-order chi connectivity index (χ1) is 24.3. The molecule has 1 aliphatic heterocycles. The first-order valence-electron chi connectivity index (χ1n) is 20.9. The van der Waals surface area contributed by atoms with Crippen molar-refractivity contribution in [1.29, 1.82) is 0 Å². The number of amides is 1. The second-order valence-electron chi connectivity index (χ2n) is 14.8. The molecule has 7 atom stereocenters. The average molecular weight is 714 g/mol. The summed E-state index contributed by atoms with van der Waals surface area (Å²) in [4.78, 5) is 12.9. The van der Waals surface area contributed by atoms with E-state index in [4.69, 9.17) is 9.47 Å². The quantitative estimate of drug-likeness (QED) is 0.0293. The molecule has 9 heteroatoms. The number of carbonyl (C=O) groups excluding carboxylic acids is 1. The van der Waals surface area contributed by atoms with Crippen molar-refractivity contribution in [2.24, 2.45) is 0 Å². The summed E-state index contributed by atoms with van der Waals surface area (Å²) >= 11 is 0. The minimum Gasteiger partial charge on any atom is -0.394 e. The molecule has 0 bridgehead atoms. The second kappa shape index (κ2) is 32.6. The summed E-state index contributed by atoms with van der Waals surface area (Å²) in [7, 11) is 0. The number of allylic oxidation sites excluding steroid dienone is 2. The Kier molecular flexibility index (Phi) is 30.6. The SMILES string of the molecule is CCCCCC/C=C/CCCCCCCC(=O)N[C@@H](CO[C@@H]1O[C@H](CO)[C@@H](O)C(O)C1O)[C@H](O)CCCCCCCCCCCCCCCC. The predicted molar refractivity (Wildman–Crippen MR) is 203 cm³/mol. The lowest BCUT2D eigenvalue weighted by atomic mass is 9.99. The van der Waals surface area contributed by atoms with Gasteiger partial charge in [0.05, 0.1) is 25.4 Å². The van der Waals surface area contributed by atoms with Gasteiger partial charge in [-0.15, -0.1) is 0 Å². The highest BCUT2D eigenvalue weighted by Crippen LogP contribution is 2.23. The number of aliphatic hydroxyl groups is 5. The van der Waals surface area contributed by atoms with E-state index in [0.29, 0.717) is 12.8 Å². The minimum atomic E-state index is -1.55. The van der Waals surface area contributed by atoms with Crippen molar-refractivity contribution in [2.75, 3.05) is 13.2 Å². The molecule has 1 heterocycles. The highest BCUT2D eigenvalue weighted by Gasteiger charge is 2.44. The summed E-state index contributed by atoms with van der Waals surface area (Å²) in [5, 5.41) is 54.1. The molecule has 1 fully saturated rings. The van der Waals surface area contributed by atoms with E-state index in [-0.39, 0.29) is 12.5 Å². The van der Waals surface area contributed by atoms with Crippen molar-refractivity contribution in [2.45, 2.75) is 230 Å². The zero-order chi connectivity index (χ0) is 36.7. The zero-order valence-electron chi connectivity index (χ0n) is 32.2. The van der Waals surface area contributed by atoms with Gasteiger partial charge in [0.1, 0.15) is 24.4 Å². The van der Waals surface area contributed by atoms with Gasteiger partial charge in [-0.2, -0.15) is 0 Å². The van der Waals surface area contributed by atoms with Crippen molar-refractivity contribution in [3.8, 4) is 0 Å². The normalized spacial score (nSPS) is 22.3. The molecule has 0 saturated carbocycles. The standard InChI is InChI=1S/C41H79NO8/c1-3-5-7-9-11-13-15-17-19-20-22-24-26-28-30-35(44)34(33-49-41-40(48)39(47)38(46)36(32-43)50-41)42-37(45)31-29-27-25-23-21-18-16-14-12-10-8-6-4-2/h14,16,34-36,38-41,43-44,46-48H,3-13,15,17-33H2,1-2H3,(H,42,45)/b16-14+/t34-,35+,36+,38+,39?,40?,41+/m0/s1. The van der Waals surface area contributed by atoms with Crippen molar-refractivity contribution in [3.05, 3.63) is 12.2 Å². The Morgan fingerprint density at radius 2 is 1.12 bits per heavy atom. The molecule has 0 aliphatic carbocycles. The predicted octanol–water partition coefficient (Wildman–Crippen LogP) is 7.78. The van der Waals surface area contributed by atoms with Crippen molar-refractivity contribution in [3.63, 3.8) is 0 Å². The number of carbonyl (C=O) groups is 1. The van der Waals surface area contributed by atoms with Gasteiger partial charge in [0.25, 0.3) is 0 Å². The van der Waals surface area contributed by atoms with Crippen LogP contribution in [-0.2, 0) is 14.3 Å². The average Bonchev–Trinajstić information content (AvgIpc) is 3.11. The smallest absolute Gasteiger partial charge is 0.220 e. The van der Waals surface area contributed by atoms with E-state index in [1.54, 1.807) is 0 Å². The summed E-state index contributed by atoms with van der Waals surface area (Å²) in [6.07, 6.45) is 27.8. The molecular weight excluding hydrogens is 634 g/mol. The van der Waals surface area contributed by atoms with Crippen LogP contribution in [0.3, 0.4) is 0 Å². The molecule has 9 nitrogen and oxygen atoms in total. The topological polar surface area (TPSA) is 149 Å². The van der Waals surface area contributed by atoms with Gasteiger partial charge < -0.3 is 40.3 Å². The Morgan fingerprint density at radius 3 is 1.64 bits per heavy atom. The lowest BCUT2D eigenvalue weighted by Crippen LogP contribution is -2.60. The molecule has 0 spiro atoms. The van der Waals surface area contributed by atoms with Crippen LogP contribution in [0, 0.1) is 0 Å². The van der Waals surface area contributed by atoms with E-state index in [0.717, 1.165) is 51.4 Å². The van der Waals surface area contributed by atoms with Gasteiger partial charge in [-0.3, -0.25) is 4.79 Å². The van der Waals surface area contributed by atoms with E-state index in [9.17, 15) is 30.3 Å². The van der Waals surface area contributed by atoms with Crippen LogP contribution in [0.2, 0.25) is 0 Å². The van der Waals surface area contributed by atoms with Crippen LogP contribution in [-0.4, -0.2) is 87.5 Å². The van der Waals surface area contributed by atoms with Crippen LogP contribution >= 0.6 is 0 Å². The van der Waals surface area contributed by atoms with E-state index in [2.05, 4.69) is 31.3 Å². The highest BCUT2D eigenvalue weighted by molar-refractivity contribution is 5.76. The van der Waals surface area contributed by atoms with Gasteiger partial charge >= 0.3 is 0 Å². The van der Waals surface area contributed by atoms with Gasteiger partial charge in [0.2, 0.25) is 5.91 Å². The van der Waals surface area contributed by atoms with Gasteiger partial charge in [-0.1, -0.05) is 154 Å². The number of aliphatic hydroxyl groups excluding tert-OH is 5. The lowest BCUT2D eigenvalue weighted by Gasteiger charge is -2.40. The summed E-state index contributed by atoms with van der Waals surface area (Å²) in [6.45, 7) is 3.80. The van der Waals surface area contributed by atoms with Gasteiger partial charge in [0.15, 0.2) is 6.29 Å². The summed E-state index contributed by atoms with van der Waals surface area (Å²) in [5.41, 5.74) is 0. The highest BCUT2D eigenvalue weighted by atomic mass is 16.7. The van der Waals surface area contributed by atoms with Crippen molar-refractivity contribution < 1.29 is 39.8 Å². The van der Waals surface area contributed by atoms with Gasteiger partial charge in [0, 0.05) is 6.42 Å². The van der Waals surface area contributed by atoms with E-state index >= 15 is 0 Å². The second-order valence-corrected chi connectivity index (χ2v) is 14.8. The van der Waals surface area contributed by atoms with Crippen molar-refractivity contribution in [1.82, 2.24) is 5.32 Å². The number of hydrogen-bond donors (Lipinski definition) is 6. The van der Waals surface area contributed by atoms with Crippen LogP contribution in [0.5, 0.6) is 0 Å². The first-order valence-corrected chi connectivity index (χ1v) is 20.9. The molecule has 2 unspecified atom stereocenters. The molecule has 0 radical (unpaired) electrons. The molecule has 6 N–H and O–H groups in total. The van der Waals surface area contributed by atoms with Crippen LogP contribution in [0.1, 0.15) is 187 Å². The monoisotopic (exact) mass is 714 g/mol. The summed E-state index contributed by atoms with van der Waals surface area (Å²) in [5.74, 6) is -0.154. The van der Waals surface area contributed by atoms with E-state index < -0.39 is 49.5 Å². The Hall–Kier alpha value is -1.07. The number of rotatable bonds is 34. The fraction of sp³-hybridized carbons (Fsp3) is 0.927. The van der Waals surface area contributed by atoms with Crippen LogP contribution in [0.25, 0.3) is 0 Å². The van der Waals surface area contributed by atoms with Crippen LogP contribution in [0.4, 0.5) is 0 Å². The summed E-state index contributed by atoms with van der Waals surface area (Å²) in [6, 6.07) is -0.717. The van der Waals surface area contributed by atoms with Crippen molar-refractivity contribution >= 4 is 5.91 Å². The zero-order valence-corrected chi connectivity index (χ0v) is 32.2. The number of ether oxygens (including phenoxy) is 2. The maximum atomic E-state index is 12.9. The Bertz CT molecular complexity index is 797. The van der Waals surface area contributed by atoms with E-state index in [1.165, 1.54) is 109 Å². The minimum absolute atomic E-state index is 0.139. The molecule has 296 valence electrons. The molecule has 1 amide bonds. The molecule has 0 aromatic rings. The van der Waals surface area contributed by atoms with Gasteiger partial charge in [-0.05, 0) is 38.5 Å². The largest absolute Gasteiger partial charge is 0.394 e. The summed E-state index contributed by atoms with van der Waals surface area (Å²) < 4.78 is 11.2. The molecule has 1 aliphatic rings. The third-order valence-corrected chi connectivity index (χ3v) is 10.1. The number of hydrogen-bond acceptors (Lipinski definition) is 8. The molecule has 0 aromatic carbocycles. The number of unbranched alkanes of at least 4 members (excludes halogenated alkanes) is 22. The Balaban J connectivity index is 2.39. The van der Waals surface area contributed by atoms with Crippen LogP contribution < -0.4 is 5.32 Å².